The second-order valence-electron chi connectivity index (χ2n) is 7.16. The van der Waals surface area contributed by atoms with Gasteiger partial charge < -0.3 is 15.1 Å². The predicted octanol–water partition coefficient (Wildman–Crippen LogP) is 3.35. The van der Waals surface area contributed by atoms with Gasteiger partial charge in [0.15, 0.2) is 0 Å². The minimum absolute atomic E-state index is 0.206. The van der Waals surface area contributed by atoms with E-state index in [9.17, 15) is 14.7 Å². The summed E-state index contributed by atoms with van der Waals surface area (Å²) in [5.74, 6) is 1.12. The number of piperidine rings is 1. The third kappa shape index (κ3) is 8.35. The Morgan fingerprint density at radius 3 is 2.78 bits per heavy atom. The van der Waals surface area contributed by atoms with E-state index in [1.165, 1.54) is 0 Å². The van der Waals surface area contributed by atoms with E-state index in [0.29, 0.717) is 25.7 Å². The molecular formula is C21H31NO4S. The fourth-order valence-corrected chi connectivity index (χ4v) is 4.44. The van der Waals surface area contributed by atoms with Crippen molar-refractivity contribution in [2.24, 2.45) is 0 Å². The summed E-state index contributed by atoms with van der Waals surface area (Å²) in [6, 6.07) is 10.2. The monoisotopic (exact) mass is 393 g/mol. The van der Waals surface area contributed by atoms with Gasteiger partial charge in [-0.3, -0.25) is 9.59 Å². The van der Waals surface area contributed by atoms with Gasteiger partial charge in [0.05, 0.1) is 6.10 Å². The van der Waals surface area contributed by atoms with E-state index in [0.717, 1.165) is 42.9 Å². The highest BCUT2D eigenvalue weighted by molar-refractivity contribution is 7.99. The van der Waals surface area contributed by atoms with Crippen LogP contribution in [0, 0.1) is 0 Å². The summed E-state index contributed by atoms with van der Waals surface area (Å²) in [4.78, 5) is 24.8. The van der Waals surface area contributed by atoms with Crippen LogP contribution in [0.25, 0.3) is 0 Å². The molecule has 0 aliphatic carbocycles. The lowest BCUT2D eigenvalue weighted by molar-refractivity contribution is -0.137. The largest absolute Gasteiger partial charge is 0.481 e. The molecule has 0 aromatic heterocycles. The molecule has 1 fully saturated rings. The number of amides is 1. The number of aliphatic carboxylic acids is 1. The molecule has 5 nitrogen and oxygen atoms in total. The molecule has 0 spiro atoms. The summed E-state index contributed by atoms with van der Waals surface area (Å²) >= 11 is 1.71. The van der Waals surface area contributed by atoms with Crippen LogP contribution in [-0.2, 0) is 16.0 Å². The molecular weight excluding hydrogens is 362 g/mol. The first-order valence-electron chi connectivity index (χ1n) is 9.87. The van der Waals surface area contributed by atoms with Crippen molar-refractivity contribution in [2.45, 2.75) is 63.5 Å². The number of carboxylic acids is 1. The Bertz CT molecular complexity index is 581. The second kappa shape index (κ2) is 12.0. The number of rotatable bonds is 12. The molecule has 2 rings (SSSR count). The first-order chi connectivity index (χ1) is 13.1. The van der Waals surface area contributed by atoms with Crippen LogP contribution in [0.5, 0.6) is 0 Å². The Balaban J connectivity index is 1.72. The summed E-state index contributed by atoms with van der Waals surface area (Å²) in [5, 5.41) is 19.0. The van der Waals surface area contributed by atoms with E-state index >= 15 is 0 Å². The average Bonchev–Trinajstić information content (AvgIpc) is 2.65. The number of aliphatic hydroxyl groups excluding tert-OH is 1. The number of hydrogen-bond donors (Lipinski definition) is 2. The Morgan fingerprint density at radius 1 is 1.26 bits per heavy atom. The van der Waals surface area contributed by atoms with Crippen molar-refractivity contribution >= 4 is 23.6 Å². The van der Waals surface area contributed by atoms with Crippen molar-refractivity contribution in [3.8, 4) is 0 Å². The van der Waals surface area contributed by atoms with E-state index in [4.69, 9.17) is 5.11 Å². The standard InChI is InChI=1S/C21H31NO4S/c23-19(16-17-6-2-1-3-7-17)12-11-18-8-4-9-20(24)22(18)13-15-27-14-5-10-21(25)26/h1-3,6-7,18-19,23H,4-5,8-16H2,(H,25,26)/t18-,19?/m1/s1. The molecule has 0 radical (unpaired) electrons. The zero-order valence-corrected chi connectivity index (χ0v) is 16.7. The zero-order valence-electron chi connectivity index (χ0n) is 15.9. The number of benzene rings is 1. The highest BCUT2D eigenvalue weighted by Gasteiger charge is 2.27. The average molecular weight is 394 g/mol. The Labute approximate surface area is 166 Å². The zero-order chi connectivity index (χ0) is 19.5. The minimum Gasteiger partial charge on any atom is -0.481 e. The maximum absolute atomic E-state index is 12.3. The summed E-state index contributed by atoms with van der Waals surface area (Å²) in [7, 11) is 0. The predicted molar refractivity (Wildman–Crippen MR) is 109 cm³/mol. The van der Waals surface area contributed by atoms with Gasteiger partial charge in [-0.15, -0.1) is 0 Å². The van der Waals surface area contributed by atoms with Gasteiger partial charge in [0.2, 0.25) is 5.91 Å². The number of carbonyl (C=O) groups is 2. The van der Waals surface area contributed by atoms with Crippen molar-refractivity contribution < 1.29 is 19.8 Å². The van der Waals surface area contributed by atoms with Gasteiger partial charge in [0.1, 0.15) is 0 Å². The molecule has 1 heterocycles. The van der Waals surface area contributed by atoms with Crippen LogP contribution in [0.1, 0.15) is 50.5 Å². The lowest BCUT2D eigenvalue weighted by Gasteiger charge is -2.36. The van der Waals surface area contributed by atoms with Crippen LogP contribution in [-0.4, -0.2) is 57.2 Å². The molecule has 1 aliphatic heterocycles. The fourth-order valence-electron chi connectivity index (χ4n) is 3.56. The summed E-state index contributed by atoms with van der Waals surface area (Å²) in [6.07, 6.45) is 5.25. The molecule has 0 saturated carbocycles. The van der Waals surface area contributed by atoms with E-state index in [1.807, 2.05) is 35.2 Å². The lowest BCUT2D eigenvalue weighted by atomic mass is 9.94. The van der Waals surface area contributed by atoms with Gasteiger partial charge in [-0.1, -0.05) is 30.3 Å². The molecule has 1 aliphatic rings. The second-order valence-corrected chi connectivity index (χ2v) is 8.39. The number of thioether (sulfide) groups is 1. The van der Waals surface area contributed by atoms with Crippen molar-refractivity contribution in [1.29, 1.82) is 0 Å². The molecule has 150 valence electrons. The Kier molecular flexibility index (Phi) is 9.70. The highest BCUT2D eigenvalue weighted by atomic mass is 32.2. The normalized spacial score (nSPS) is 18.5. The van der Waals surface area contributed by atoms with Crippen LogP contribution in [0.2, 0.25) is 0 Å². The number of carbonyl (C=O) groups excluding carboxylic acids is 1. The molecule has 1 amide bonds. The van der Waals surface area contributed by atoms with Crippen molar-refractivity contribution in [2.75, 3.05) is 18.1 Å². The van der Waals surface area contributed by atoms with E-state index in [1.54, 1.807) is 11.8 Å². The minimum atomic E-state index is -0.754. The van der Waals surface area contributed by atoms with Gasteiger partial charge in [-0.25, -0.2) is 0 Å². The topological polar surface area (TPSA) is 77.8 Å². The van der Waals surface area contributed by atoms with Gasteiger partial charge in [0.25, 0.3) is 0 Å². The number of aliphatic hydroxyl groups is 1. The molecule has 1 saturated heterocycles. The van der Waals surface area contributed by atoms with E-state index < -0.39 is 5.97 Å². The van der Waals surface area contributed by atoms with Crippen LogP contribution in [0.4, 0.5) is 0 Å². The number of carboxylic acid groups (broad SMARTS) is 1. The first-order valence-corrected chi connectivity index (χ1v) is 11.0. The molecule has 6 heteroatoms. The number of nitrogens with zero attached hydrogens (tertiary/aromatic N) is 1. The van der Waals surface area contributed by atoms with Crippen molar-refractivity contribution in [3.05, 3.63) is 35.9 Å². The van der Waals surface area contributed by atoms with Gasteiger partial charge in [0, 0.05) is 31.2 Å². The van der Waals surface area contributed by atoms with Crippen LogP contribution < -0.4 is 0 Å². The molecule has 0 bridgehead atoms. The van der Waals surface area contributed by atoms with E-state index in [2.05, 4.69) is 0 Å². The first kappa shape index (κ1) is 21.8. The summed E-state index contributed by atoms with van der Waals surface area (Å²) in [6.45, 7) is 0.718. The van der Waals surface area contributed by atoms with Crippen LogP contribution in [0.3, 0.4) is 0 Å². The molecule has 1 aromatic rings. The molecule has 1 aromatic carbocycles. The number of hydrogen-bond acceptors (Lipinski definition) is 4. The molecule has 27 heavy (non-hydrogen) atoms. The SMILES string of the molecule is O=C(O)CCCSCCN1C(=O)CCC[C@@H]1CCC(O)Cc1ccccc1. The lowest BCUT2D eigenvalue weighted by Crippen LogP contribution is -2.45. The Hall–Kier alpha value is -1.53. The number of likely N-dealkylation sites (tertiary alicyclic amines) is 1. The molecule has 2 atom stereocenters. The smallest absolute Gasteiger partial charge is 0.303 e. The third-order valence-electron chi connectivity index (χ3n) is 4.99. The van der Waals surface area contributed by atoms with Crippen LogP contribution >= 0.6 is 11.8 Å². The van der Waals surface area contributed by atoms with Crippen molar-refractivity contribution in [1.82, 2.24) is 4.90 Å². The summed E-state index contributed by atoms with van der Waals surface area (Å²) in [5.41, 5.74) is 1.14. The van der Waals surface area contributed by atoms with Gasteiger partial charge >= 0.3 is 5.97 Å². The molecule has 1 unspecified atom stereocenters. The fraction of sp³-hybridized carbons (Fsp3) is 0.619. The van der Waals surface area contributed by atoms with E-state index in [-0.39, 0.29) is 24.5 Å². The summed E-state index contributed by atoms with van der Waals surface area (Å²) < 4.78 is 0. The van der Waals surface area contributed by atoms with Gasteiger partial charge in [-0.05, 0) is 49.8 Å². The third-order valence-corrected chi connectivity index (χ3v) is 6.04. The molecule has 2 N–H and O–H groups in total. The Morgan fingerprint density at radius 2 is 2.04 bits per heavy atom. The highest BCUT2D eigenvalue weighted by Crippen LogP contribution is 2.23. The van der Waals surface area contributed by atoms with Gasteiger partial charge in [-0.2, -0.15) is 11.8 Å². The van der Waals surface area contributed by atoms with Crippen molar-refractivity contribution in [3.63, 3.8) is 0 Å². The quantitative estimate of drug-likeness (QED) is 0.533. The maximum Gasteiger partial charge on any atom is 0.303 e. The van der Waals surface area contributed by atoms with Crippen LogP contribution in [0.15, 0.2) is 30.3 Å². The maximum atomic E-state index is 12.3.